The van der Waals surface area contributed by atoms with Crippen LogP contribution in [0.1, 0.15) is 27.0 Å². The number of halogens is 4. The van der Waals surface area contributed by atoms with E-state index in [1.165, 1.54) is 30.3 Å². The standard InChI is InChI=1S/C18H17F4NO2/c1-12-2-3-14(8-16(12)19)9-23-17(24)15-6-4-13(5-7-15)10-25-11-18(20,21)22/h2-8H,9-11H2,1H3,(H,23,24). The summed E-state index contributed by atoms with van der Waals surface area (Å²) in [7, 11) is 0. The highest BCUT2D eigenvalue weighted by atomic mass is 19.4. The molecule has 3 nitrogen and oxygen atoms in total. The molecule has 25 heavy (non-hydrogen) atoms. The topological polar surface area (TPSA) is 38.3 Å². The quantitative estimate of drug-likeness (QED) is 0.791. The highest BCUT2D eigenvalue weighted by Crippen LogP contribution is 2.16. The Labute approximate surface area is 142 Å². The van der Waals surface area contributed by atoms with Crippen LogP contribution in [0.25, 0.3) is 0 Å². The van der Waals surface area contributed by atoms with Gasteiger partial charge in [0.15, 0.2) is 0 Å². The summed E-state index contributed by atoms with van der Waals surface area (Å²) >= 11 is 0. The predicted octanol–water partition coefficient (Wildman–Crippen LogP) is 4.14. The van der Waals surface area contributed by atoms with E-state index in [4.69, 9.17) is 0 Å². The second kappa shape index (κ2) is 8.11. The van der Waals surface area contributed by atoms with Gasteiger partial charge < -0.3 is 10.1 Å². The Morgan fingerprint density at radius 2 is 1.72 bits per heavy atom. The molecule has 2 aromatic rings. The molecule has 0 bridgehead atoms. The van der Waals surface area contributed by atoms with Crippen molar-refractivity contribution >= 4 is 5.91 Å². The third-order valence-electron chi connectivity index (χ3n) is 3.44. The Hall–Kier alpha value is -2.41. The molecule has 0 aliphatic carbocycles. The lowest BCUT2D eigenvalue weighted by molar-refractivity contribution is -0.176. The minimum atomic E-state index is -4.37. The smallest absolute Gasteiger partial charge is 0.367 e. The minimum Gasteiger partial charge on any atom is -0.367 e. The van der Waals surface area contributed by atoms with Crippen molar-refractivity contribution in [3.63, 3.8) is 0 Å². The Morgan fingerprint density at radius 3 is 2.32 bits per heavy atom. The van der Waals surface area contributed by atoms with Gasteiger partial charge in [-0.1, -0.05) is 24.3 Å². The van der Waals surface area contributed by atoms with Crippen LogP contribution in [-0.2, 0) is 17.9 Å². The van der Waals surface area contributed by atoms with E-state index < -0.39 is 12.8 Å². The van der Waals surface area contributed by atoms with E-state index in [1.54, 1.807) is 19.1 Å². The molecule has 2 rings (SSSR count). The number of ether oxygens (including phenoxy) is 1. The average molecular weight is 355 g/mol. The minimum absolute atomic E-state index is 0.173. The number of aryl methyl sites for hydroxylation is 1. The summed E-state index contributed by atoms with van der Waals surface area (Å²) in [6.45, 7) is 0.316. The van der Waals surface area contributed by atoms with Gasteiger partial charge in [-0.25, -0.2) is 4.39 Å². The number of alkyl halides is 3. The van der Waals surface area contributed by atoms with Gasteiger partial charge in [0, 0.05) is 12.1 Å². The summed E-state index contributed by atoms with van der Waals surface area (Å²) in [5, 5.41) is 2.66. The fraction of sp³-hybridized carbons (Fsp3) is 0.278. The van der Waals surface area contributed by atoms with Crippen molar-refractivity contribution in [2.75, 3.05) is 6.61 Å². The van der Waals surface area contributed by atoms with E-state index in [-0.39, 0.29) is 24.9 Å². The fourth-order valence-electron chi connectivity index (χ4n) is 2.07. The van der Waals surface area contributed by atoms with E-state index >= 15 is 0 Å². The van der Waals surface area contributed by atoms with Gasteiger partial charge in [-0.3, -0.25) is 4.79 Å². The first-order valence-corrected chi connectivity index (χ1v) is 7.51. The van der Waals surface area contributed by atoms with Crippen molar-refractivity contribution in [3.8, 4) is 0 Å². The monoisotopic (exact) mass is 355 g/mol. The zero-order valence-electron chi connectivity index (χ0n) is 13.5. The summed E-state index contributed by atoms with van der Waals surface area (Å²) in [5.74, 6) is -0.696. The molecule has 2 aromatic carbocycles. The SMILES string of the molecule is Cc1ccc(CNC(=O)c2ccc(COCC(F)(F)F)cc2)cc1F. The maximum Gasteiger partial charge on any atom is 0.411 e. The van der Waals surface area contributed by atoms with Crippen LogP contribution in [0.4, 0.5) is 17.6 Å². The highest BCUT2D eigenvalue weighted by Gasteiger charge is 2.27. The zero-order valence-corrected chi connectivity index (χ0v) is 13.5. The van der Waals surface area contributed by atoms with Crippen LogP contribution in [0, 0.1) is 12.7 Å². The second-order valence-corrected chi connectivity index (χ2v) is 5.57. The summed E-state index contributed by atoms with van der Waals surface area (Å²) in [6.07, 6.45) is -4.37. The van der Waals surface area contributed by atoms with Gasteiger partial charge in [-0.2, -0.15) is 13.2 Å². The zero-order chi connectivity index (χ0) is 18.4. The number of hydrogen-bond acceptors (Lipinski definition) is 2. The average Bonchev–Trinajstić information content (AvgIpc) is 2.55. The van der Waals surface area contributed by atoms with Gasteiger partial charge in [0.2, 0.25) is 0 Å². The molecule has 0 fully saturated rings. The predicted molar refractivity (Wildman–Crippen MR) is 84.5 cm³/mol. The van der Waals surface area contributed by atoms with Crippen molar-refractivity contribution in [2.24, 2.45) is 0 Å². The number of amides is 1. The van der Waals surface area contributed by atoms with E-state index in [1.807, 2.05) is 0 Å². The van der Waals surface area contributed by atoms with Crippen molar-refractivity contribution in [2.45, 2.75) is 26.3 Å². The first-order chi connectivity index (χ1) is 11.7. The molecular weight excluding hydrogens is 338 g/mol. The van der Waals surface area contributed by atoms with Crippen LogP contribution in [0.5, 0.6) is 0 Å². The molecule has 0 saturated carbocycles. The van der Waals surface area contributed by atoms with Gasteiger partial charge >= 0.3 is 6.18 Å². The molecule has 0 spiro atoms. The van der Waals surface area contributed by atoms with Gasteiger partial charge in [-0.15, -0.1) is 0 Å². The molecular formula is C18H17F4NO2. The molecule has 0 aliphatic rings. The molecule has 0 saturated heterocycles. The van der Waals surface area contributed by atoms with Crippen molar-refractivity contribution in [3.05, 3.63) is 70.5 Å². The van der Waals surface area contributed by atoms with E-state index in [0.29, 0.717) is 22.3 Å². The Morgan fingerprint density at radius 1 is 1.08 bits per heavy atom. The first kappa shape index (κ1) is 18.9. The molecule has 0 unspecified atom stereocenters. The molecule has 1 amide bonds. The lowest BCUT2D eigenvalue weighted by atomic mass is 10.1. The molecule has 0 heterocycles. The van der Waals surface area contributed by atoms with Crippen molar-refractivity contribution in [1.82, 2.24) is 5.32 Å². The normalized spacial score (nSPS) is 11.4. The third kappa shape index (κ3) is 6.19. The summed E-state index contributed by atoms with van der Waals surface area (Å²) in [4.78, 5) is 12.0. The van der Waals surface area contributed by atoms with Gasteiger partial charge in [-0.05, 0) is 41.8 Å². The van der Waals surface area contributed by atoms with Crippen LogP contribution in [0.15, 0.2) is 42.5 Å². The van der Waals surface area contributed by atoms with Crippen molar-refractivity contribution < 1.29 is 27.1 Å². The molecule has 0 aliphatic heterocycles. The second-order valence-electron chi connectivity index (χ2n) is 5.57. The fourth-order valence-corrected chi connectivity index (χ4v) is 2.07. The summed E-state index contributed by atoms with van der Waals surface area (Å²) in [5.41, 5.74) is 2.04. The summed E-state index contributed by atoms with van der Waals surface area (Å²) < 4.78 is 54.0. The van der Waals surface area contributed by atoms with E-state index in [2.05, 4.69) is 10.1 Å². The largest absolute Gasteiger partial charge is 0.411 e. The van der Waals surface area contributed by atoms with E-state index in [0.717, 1.165) is 0 Å². The number of nitrogens with one attached hydrogen (secondary N) is 1. The van der Waals surface area contributed by atoms with Gasteiger partial charge in [0.1, 0.15) is 12.4 Å². The molecule has 0 atom stereocenters. The number of rotatable bonds is 6. The molecule has 1 N–H and O–H groups in total. The molecule has 134 valence electrons. The molecule has 0 aromatic heterocycles. The number of hydrogen-bond donors (Lipinski definition) is 1. The molecule has 0 radical (unpaired) electrons. The van der Waals surface area contributed by atoms with Crippen LogP contribution >= 0.6 is 0 Å². The lowest BCUT2D eigenvalue weighted by Crippen LogP contribution is -2.22. The number of carbonyl (C=O) groups excluding carboxylic acids is 1. The number of carbonyl (C=O) groups is 1. The van der Waals surface area contributed by atoms with E-state index in [9.17, 15) is 22.4 Å². The first-order valence-electron chi connectivity index (χ1n) is 7.51. The van der Waals surface area contributed by atoms with Crippen LogP contribution in [-0.4, -0.2) is 18.7 Å². The maximum atomic E-state index is 13.5. The number of benzene rings is 2. The third-order valence-corrected chi connectivity index (χ3v) is 3.44. The Bertz CT molecular complexity index is 727. The Balaban J connectivity index is 1.86. The van der Waals surface area contributed by atoms with Gasteiger partial charge in [0.05, 0.1) is 6.61 Å². The lowest BCUT2D eigenvalue weighted by Gasteiger charge is -2.09. The summed E-state index contributed by atoms with van der Waals surface area (Å²) in [6, 6.07) is 10.8. The van der Waals surface area contributed by atoms with Crippen molar-refractivity contribution in [1.29, 1.82) is 0 Å². The Kier molecular flexibility index (Phi) is 6.14. The van der Waals surface area contributed by atoms with Crippen LogP contribution < -0.4 is 5.32 Å². The highest BCUT2D eigenvalue weighted by molar-refractivity contribution is 5.94. The van der Waals surface area contributed by atoms with Crippen LogP contribution in [0.2, 0.25) is 0 Å². The van der Waals surface area contributed by atoms with Crippen LogP contribution in [0.3, 0.4) is 0 Å². The molecule has 7 heteroatoms. The maximum absolute atomic E-state index is 13.5. The van der Waals surface area contributed by atoms with Gasteiger partial charge in [0.25, 0.3) is 5.91 Å².